The normalized spacial score (nSPS) is 11.9. The minimum atomic E-state index is 0.630. The Bertz CT molecular complexity index is 485. The van der Waals surface area contributed by atoms with Crippen LogP contribution in [-0.4, -0.2) is 40.6 Å². The predicted octanol–water partition coefficient (Wildman–Crippen LogP) is 1.11. The van der Waals surface area contributed by atoms with Crippen molar-refractivity contribution in [1.82, 2.24) is 24.4 Å². The van der Waals surface area contributed by atoms with Gasteiger partial charge >= 0.3 is 0 Å². The molecule has 5 heteroatoms. The highest BCUT2D eigenvalue weighted by Crippen LogP contribution is 2.22. The predicted molar refractivity (Wildman–Crippen MR) is 60.4 cm³/mol. The number of nitrogens with one attached hydrogen (secondary N) is 1. The summed E-state index contributed by atoms with van der Waals surface area (Å²) in [5.74, 6) is 0.928. The van der Waals surface area contributed by atoms with E-state index in [1.165, 1.54) is 0 Å². The fraction of sp³-hybridized carbons (Fsp3) is 0.300. The van der Waals surface area contributed by atoms with E-state index in [1.54, 1.807) is 12.7 Å². The van der Waals surface area contributed by atoms with Crippen LogP contribution in [0.4, 0.5) is 5.82 Å². The molecular formula is C10H14N5+. The molecule has 0 bridgehead atoms. The van der Waals surface area contributed by atoms with Crippen LogP contribution in [0.1, 0.15) is 0 Å². The van der Waals surface area contributed by atoms with Crippen molar-refractivity contribution in [1.29, 1.82) is 0 Å². The Morgan fingerprint density at radius 1 is 1.40 bits per heavy atom. The van der Waals surface area contributed by atoms with Crippen molar-refractivity contribution in [3.8, 4) is 0 Å². The minimum absolute atomic E-state index is 0.630. The van der Waals surface area contributed by atoms with Crippen molar-refractivity contribution in [2.75, 3.05) is 20.6 Å². The van der Waals surface area contributed by atoms with Crippen LogP contribution in [0, 0.1) is 0 Å². The molecule has 0 radical (unpaired) electrons. The number of imidazole rings is 1. The number of aromatic amines is 1. The first-order chi connectivity index (χ1) is 7.15. The Morgan fingerprint density at radius 2 is 2.20 bits per heavy atom. The van der Waals surface area contributed by atoms with Crippen LogP contribution in [0.3, 0.4) is 0 Å². The van der Waals surface area contributed by atoms with Crippen LogP contribution in [0.5, 0.6) is 0 Å². The minimum Gasteiger partial charge on any atom is -0.337 e. The Morgan fingerprint density at radius 3 is 2.93 bits per heavy atom. The molecule has 2 aromatic rings. The van der Waals surface area contributed by atoms with E-state index < -0.39 is 0 Å². The molecule has 78 valence electrons. The number of quaternary nitrogens is 1. The van der Waals surface area contributed by atoms with Gasteiger partial charge in [-0.2, -0.15) is 4.98 Å². The van der Waals surface area contributed by atoms with Crippen LogP contribution in [0.15, 0.2) is 25.3 Å². The van der Waals surface area contributed by atoms with Crippen LogP contribution >= 0.6 is 0 Å². The molecule has 2 rings (SSSR count). The van der Waals surface area contributed by atoms with Crippen molar-refractivity contribution in [2.24, 2.45) is 0 Å². The van der Waals surface area contributed by atoms with Crippen molar-refractivity contribution in [2.45, 2.75) is 0 Å². The Kier molecular flexibility index (Phi) is 2.24. The standard InChI is InChI=1S/C10H14N5/c1-4-5-15(2,3)10-8-9(12-6-11-8)13-7-14-10/h4,6-7H,1,5H2,2-3H3,(H,11,12,13,14)/q+1. The summed E-state index contributed by atoms with van der Waals surface area (Å²) in [6.45, 7) is 4.56. The fourth-order valence-corrected chi connectivity index (χ4v) is 1.62. The summed E-state index contributed by atoms with van der Waals surface area (Å²) in [7, 11) is 4.15. The van der Waals surface area contributed by atoms with E-state index in [-0.39, 0.29) is 0 Å². The molecule has 0 saturated heterocycles. The number of likely N-dealkylation sites (N-methyl/N-ethyl adjacent to an activating group) is 1. The molecule has 0 atom stereocenters. The lowest BCUT2D eigenvalue weighted by molar-refractivity contribution is 0.433. The second-order valence-corrected chi connectivity index (χ2v) is 3.95. The van der Waals surface area contributed by atoms with E-state index in [9.17, 15) is 0 Å². The average molecular weight is 204 g/mol. The van der Waals surface area contributed by atoms with E-state index in [1.807, 2.05) is 6.08 Å². The van der Waals surface area contributed by atoms with Gasteiger partial charge in [0.15, 0.2) is 11.2 Å². The van der Waals surface area contributed by atoms with E-state index in [2.05, 4.69) is 40.6 Å². The Hall–Kier alpha value is -1.75. The van der Waals surface area contributed by atoms with Crippen molar-refractivity contribution < 1.29 is 0 Å². The van der Waals surface area contributed by atoms with Gasteiger partial charge in [-0.25, -0.2) is 9.97 Å². The third kappa shape index (κ3) is 1.61. The molecule has 0 aliphatic rings. The van der Waals surface area contributed by atoms with E-state index in [4.69, 9.17) is 0 Å². The largest absolute Gasteiger partial charge is 0.337 e. The monoisotopic (exact) mass is 204 g/mol. The first-order valence-electron chi connectivity index (χ1n) is 4.73. The number of hydrogen-bond acceptors (Lipinski definition) is 3. The molecule has 0 unspecified atom stereocenters. The number of hydrogen-bond donors (Lipinski definition) is 1. The van der Waals surface area contributed by atoms with Crippen molar-refractivity contribution >= 4 is 17.0 Å². The first-order valence-corrected chi connectivity index (χ1v) is 4.73. The summed E-state index contributed by atoms with van der Waals surface area (Å²) < 4.78 is 0.630. The molecule has 2 aromatic heterocycles. The van der Waals surface area contributed by atoms with E-state index in [0.717, 1.165) is 17.9 Å². The maximum Gasteiger partial charge on any atom is 0.256 e. The van der Waals surface area contributed by atoms with Crippen LogP contribution in [-0.2, 0) is 0 Å². The smallest absolute Gasteiger partial charge is 0.256 e. The van der Waals surface area contributed by atoms with Crippen molar-refractivity contribution in [3.05, 3.63) is 25.3 Å². The first kappa shape index (κ1) is 9.79. The molecule has 0 amide bonds. The maximum absolute atomic E-state index is 4.31. The number of fused-ring (bicyclic) bond motifs is 1. The summed E-state index contributed by atoms with van der Waals surface area (Å²) >= 11 is 0. The molecule has 0 fully saturated rings. The zero-order valence-corrected chi connectivity index (χ0v) is 8.94. The Balaban J connectivity index is 2.59. The summed E-state index contributed by atoms with van der Waals surface area (Å²) in [5, 5.41) is 0. The van der Waals surface area contributed by atoms with Gasteiger partial charge in [0.05, 0.1) is 20.4 Å². The van der Waals surface area contributed by atoms with Crippen molar-refractivity contribution in [3.63, 3.8) is 0 Å². The number of aromatic nitrogens is 4. The molecule has 0 spiro atoms. The molecular weight excluding hydrogens is 190 g/mol. The SMILES string of the molecule is C=CC[N+](C)(C)c1ncnc2nc[nH]c12. The lowest BCUT2D eigenvalue weighted by Crippen LogP contribution is -2.41. The second kappa shape index (κ2) is 3.43. The topological polar surface area (TPSA) is 54.5 Å². The second-order valence-electron chi connectivity index (χ2n) is 3.95. The summed E-state index contributed by atoms with van der Waals surface area (Å²) in [5.41, 5.74) is 1.60. The third-order valence-corrected chi connectivity index (χ3v) is 2.36. The zero-order chi connectivity index (χ0) is 10.9. The highest BCUT2D eigenvalue weighted by Gasteiger charge is 2.23. The van der Waals surface area contributed by atoms with E-state index in [0.29, 0.717) is 10.1 Å². The molecule has 2 heterocycles. The molecule has 15 heavy (non-hydrogen) atoms. The lowest BCUT2D eigenvalue weighted by atomic mass is 10.4. The summed E-state index contributed by atoms with van der Waals surface area (Å²) in [6.07, 6.45) is 5.06. The molecule has 5 nitrogen and oxygen atoms in total. The molecule has 0 aromatic carbocycles. The van der Waals surface area contributed by atoms with Gasteiger partial charge in [-0.05, 0) is 6.08 Å². The van der Waals surface area contributed by atoms with Gasteiger partial charge in [0.1, 0.15) is 12.9 Å². The number of rotatable bonds is 3. The fourth-order valence-electron chi connectivity index (χ4n) is 1.62. The van der Waals surface area contributed by atoms with Gasteiger partial charge in [0, 0.05) is 0 Å². The van der Waals surface area contributed by atoms with Gasteiger partial charge in [0.25, 0.3) is 5.82 Å². The number of H-pyrrole nitrogens is 1. The quantitative estimate of drug-likeness (QED) is 0.602. The van der Waals surface area contributed by atoms with Gasteiger partial charge < -0.3 is 4.98 Å². The maximum atomic E-state index is 4.31. The lowest BCUT2D eigenvalue weighted by Gasteiger charge is -2.26. The summed E-state index contributed by atoms with van der Waals surface area (Å²) in [4.78, 5) is 15.6. The van der Waals surface area contributed by atoms with Gasteiger partial charge in [-0.1, -0.05) is 6.58 Å². The van der Waals surface area contributed by atoms with E-state index >= 15 is 0 Å². The average Bonchev–Trinajstić information content (AvgIpc) is 2.64. The zero-order valence-electron chi connectivity index (χ0n) is 8.94. The van der Waals surface area contributed by atoms with Crippen LogP contribution in [0.25, 0.3) is 11.2 Å². The molecule has 1 N–H and O–H groups in total. The highest BCUT2D eigenvalue weighted by molar-refractivity contribution is 5.81. The summed E-state index contributed by atoms with van der Waals surface area (Å²) in [6, 6.07) is 0. The molecule has 0 aliphatic carbocycles. The third-order valence-electron chi connectivity index (χ3n) is 2.36. The molecule has 0 saturated carbocycles. The van der Waals surface area contributed by atoms with Crippen LogP contribution < -0.4 is 4.48 Å². The van der Waals surface area contributed by atoms with Gasteiger partial charge in [-0.3, -0.25) is 4.48 Å². The van der Waals surface area contributed by atoms with Gasteiger partial charge in [0.2, 0.25) is 0 Å². The van der Waals surface area contributed by atoms with Gasteiger partial charge in [-0.15, -0.1) is 0 Å². The van der Waals surface area contributed by atoms with Crippen LogP contribution in [0.2, 0.25) is 0 Å². The number of nitrogens with zero attached hydrogens (tertiary/aromatic N) is 4. The highest BCUT2D eigenvalue weighted by atomic mass is 15.4. The molecule has 0 aliphatic heterocycles. The Labute approximate surface area is 88.1 Å².